The fourth-order valence-corrected chi connectivity index (χ4v) is 2.32. The van der Waals surface area contributed by atoms with Crippen LogP contribution >= 0.6 is 0 Å². The minimum atomic E-state index is -5.00. The first-order valence-electron chi connectivity index (χ1n) is 7.39. The molecule has 0 spiro atoms. The lowest BCUT2D eigenvalue weighted by molar-refractivity contribution is -0.384. The summed E-state index contributed by atoms with van der Waals surface area (Å²) < 4.78 is 77.3. The molecule has 0 unspecified atom stereocenters. The largest absolute Gasteiger partial charge is 0.416 e. The van der Waals surface area contributed by atoms with Crippen LogP contribution in [0.2, 0.25) is 0 Å². The Bertz CT molecular complexity index is 893. The van der Waals surface area contributed by atoms with Crippen LogP contribution in [0, 0.1) is 10.1 Å². The molecule has 1 amide bonds. The molecule has 6 nitrogen and oxygen atoms in total. The van der Waals surface area contributed by atoms with Gasteiger partial charge in [0.1, 0.15) is 0 Å². The molecule has 0 heterocycles. The van der Waals surface area contributed by atoms with Gasteiger partial charge in [-0.05, 0) is 29.8 Å². The molecule has 0 aromatic heterocycles. The third-order valence-electron chi connectivity index (χ3n) is 3.61. The third-order valence-corrected chi connectivity index (χ3v) is 3.61. The number of halogens is 6. The summed E-state index contributed by atoms with van der Waals surface area (Å²) >= 11 is 0. The molecule has 150 valence electrons. The van der Waals surface area contributed by atoms with Crippen molar-refractivity contribution in [3.8, 4) is 0 Å². The fourth-order valence-electron chi connectivity index (χ4n) is 2.32. The van der Waals surface area contributed by atoms with Crippen molar-refractivity contribution in [1.82, 2.24) is 0 Å². The van der Waals surface area contributed by atoms with Crippen LogP contribution in [0.1, 0.15) is 27.0 Å². The van der Waals surface area contributed by atoms with E-state index < -0.39 is 46.5 Å². The van der Waals surface area contributed by atoms with Gasteiger partial charge in [-0.2, -0.15) is 26.3 Å². The van der Waals surface area contributed by atoms with E-state index in [0.717, 1.165) is 18.2 Å². The summed E-state index contributed by atoms with van der Waals surface area (Å²) in [5, 5.41) is 13.2. The number of non-ortho nitro benzene ring substituents is 1. The number of anilines is 1. The van der Waals surface area contributed by atoms with Gasteiger partial charge in [-0.15, -0.1) is 0 Å². The van der Waals surface area contributed by atoms with Crippen molar-refractivity contribution in [3.63, 3.8) is 0 Å². The Morgan fingerprint density at radius 2 is 1.54 bits per heavy atom. The van der Waals surface area contributed by atoms with E-state index in [0.29, 0.717) is 12.1 Å². The van der Waals surface area contributed by atoms with Crippen LogP contribution in [0.4, 0.5) is 37.7 Å². The summed E-state index contributed by atoms with van der Waals surface area (Å²) in [6.07, 6.45) is -10.00. The number of nitrogens with two attached hydrogens (primary N) is 1. The maximum Gasteiger partial charge on any atom is 0.416 e. The van der Waals surface area contributed by atoms with Crippen molar-refractivity contribution in [2.45, 2.75) is 18.9 Å². The fraction of sp³-hybridized carbons (Fsp3) is 0.188. The van der Waals surface area contributed by atoms with E-state index in [1.807, 2.05) is 0 Å². The van der Waals surface area contributed by atoms with E-state index in [-0.39, 0.29) is 22.9 Å². The summed E-state index contributed by atoms with van der Waals surface area (Å²) in [5.74, 6) is -1.06. The Hall–Kier alpha value is -3.31. The zero-order valence-corrected chi connectivity index (χ0v) is 13.7. The van der Waals surface area contributed by atoms with Gasteiger partial charge in [0.05, 0.1) is 21.6 Å². The molecule has 3 N–H and O–H groups in total. The lowest BCUT2D eigenvalue weighted by atomic mass is 10.0. The molecule has 0 radical (unpaired) electrons. The molecule has 0 saturated carbocycles. The minimum Gasteiger partial charge on any atom is -0.380 e. The smallest absolute Gasteiger partial charge is 0.380 e. The Kier molecular flexibility index (Phi) is 5.52. The van der Waals surface area contributed by atoms with Crippen molar-refractivity contribution in [1.29, 1.82) is 0 Å². The lowest BCUT2D eigenvalue weighted by Gasteiger charge is -2.15. The Morgan fingerprint density at radius 1 is 1.00 bits per heavy atom. The predicted octanol–water partition coefficient (Wildman–Crippen LogP) is 4.34. The first-order chi connectivity index (χ1) is 12.8. The van der Waals surface area contributed by atoms with Gasteiger partial charge in [0.15, 0.2) is 0 Å². The Balaban J connectivity index is 2.39. The average molecular weight is 407 g/mol. The summed E-state index contributed by atoms with van der Waals surface area (Å²) in [4.78, 5) is 21.4. The van der Waals surface area contributed by atoms with Crippen molar-refractivity contribution in [3.05, 3.63) is 68.8 Å². The molecule has 0 saturated heterocycles. The topological polar surface area (TPSA) is 98.3 Å². The van der Waals surface area contributed by atoms with E-state index in [1.165, 1.54) is 0 Å². The summed E-state index contributed by atoms with van der Waals surface area (Å²) in [6, 6.07) is 3.97. The molecular weight excluding hydrogens is 396 g/mol. The molecule has 0 aliphatic heterocycles. The number of carbonyl (C=O) groups excluding carboxylic acids is 1. The van der Waals surface area contributed by atoms with Gasteiger partial charge in [-0.3, -0.25) is 14.9 Å². The summed E-state index contributed by atoms with van der Waals surface area (Å²) in [6.45, 7) is -0.523. The average Bonchev–Trinajstić information content (AvgIpc) is 2.57. The standard InChI is InChI=1S/C16H11F6N3O3/c17-15(18,19)9-3-8(4-10(5-9)16(20,21)22)7-24-13-2-1-11(25(27)28)6-12(13)14(23)26/h1-6,24H,7H2,(H2,23,26). The van der Waals surface area contributed by atoms with E-state index >= 15 is 0 Å². The third kappa shape index (κ3) is 4.90. The number of nitro groups is 1. The van der Waals surface area contributed by atoms with Crippen molar-refractivity contribution in [2.24, 2.45) is 5.73 Å². The van der Waals surface area contributed by atoms with E-state index in [9.17, 15) is 41.3 Å². The second kappa shape index (κ2) is 7.37. The number of primary amides is 1. The van der Waals surface area contributed by atoms with Gasteiger partial charge in [-0.1, -0.05) is 0 Å². The number of hydrogen-bond donors (Lipinski definition) is 2. The van der Waals surface area contributed by atoms with Crippen molar-refractivity contribution >= 4 is 17.3 Å². The second-order valence-electron chi connectivity index (χ2n) is 5.62. The molecule has 12 heteroatoms. The molecule has 0 bridgehead atoms. The lowest BCUT2D eigenvalue weighted by Crippen LogP contribution is -2.16. The summed E-state index contributed by atoms with van der Waals surface area (Å²) in [7, 11) is 0. The van der Waals surface area contributed by atoms with Gasteiger partial charge < -0.3 is 11.1 Å². The highest BCUT2D eigenvalue weighted by Gasteiger charge is 2.36. The van der Waals surface area contributed by atoms with E-state index in [1.54, 1.807) is 0 Å². The molecule has 0 fully saturated rings. The number of rotatable bonds is 5. The normalized spacial score (nSPS) is 11.9. The van der Waals surface area contributed by atoms with Gasteiger partial charge in [0.25, 0.3) is 11.6 Å². The Morgan fingerprint density at radius 3 is 1.96 bits per heavy atom. The van der Waals surface area contributed by atoms with E-state index in [4.69, 9.17) is 5.73 Å². The van der Waals surface area contributed by atoms with Crippen LogP contribution in [-0.4, -0.2) is 10.8 Å². The van der Waals surface area contributed by atoms with Crippen molar-refractivity contribution < 1.29 is 36.1 Å². The zero-order chi connectivity index (χ0) is 21.3. The van der Waals surface area contributed by atoms with Gasteiger partial charge in [0, 0.05) is 24.4 Å². The number of nitrogens with one attached hydrogen (secondary N) is 1. The number of alkyl halides is 6. The maximum atomic E-state index is 12.9. The molecule has 28 heavy (non-hydrogen) atoms. The molecule has 0 aliphatic rings. The van der Waals surface area contributed by atoms with Crippen LogP contribution in [0.5, 0.6) is 0 Å². The van der Waals surface area contributed by atoms with Gasteiger partial charge >= 0.3 is 12.4 Å². The number of benzene rings is 2. The highest BCUT2D eigenvalue weighted by Crippen LogP contribution is 2.36. The molecule has 0 atom stereocenters. The number of amides is 1. The molecule has 2 aromatic carbocycles. The first kappa shape index (κ1) is 21.0. The minimum absolute atomic E-state index is 0.00971. The van der Waals surface area contributed by atoms with E-state index in [2.05, 4.69) is 5.32 Å². The quantitative estimate of drug-likeness (QED) is 0.438. The first-order valence-corrected chi connectivity index (χ1v) is 7.39. The van der Waals surface area contributed by atoms with Crippen LogP contribution in [-0.2, 0) is 18.9 Å². The maximum absolute atomic E-state index is 12.9. The van der Waals surface area contributed by atoms with Crippen molar-refractivity contribution in [2.75, 3.05) is 5.32 Å². The molecule has 0 aliphatic carbocycles. The number of nitro benzene ring substituents is 1. The molecule has 2 aromatic rings. The second-order valence-corrected chi connectivity index (χ2v) is 5.62. The van der Waals surface area contributed by atoms with Gasteiger partial charge in [0.2, 0.25) is 0 Å². The number of carbonyl (C=O) groups is 1. The number of nitrogens with zero attached hydrogens (tertiary/aromatic N) is 1. The van der Waals surface area contributed by atoms with Crippen LogP contribution in [0.25, 0.3) is 0 Å². The van der Waals surface area contributed by atoms with Crippen LogP contribution in [0.15, 0.2) is 36.4 Å². The molecular formula is C16H11F6N3O3. The zero-order valence-electron chi connectivity index (χ0n) is 13.7. The van der Waals surface area contributed by atoms with Crippen LogP contribution < -0.4 is 11.1 Å². The Labute approximate surface area is 153 Å². The predicted molar refractivity (Wildman–Crippen MR) is 85.4 cm³/mol. The van der Waals surface area contributed by atoms with Gasteiger partial charge in [-0.25, -0.2) is 0 Å². The SMILES string of the molecule is NC(=O)c1cc([N+](=O)[O-])ccc1NCc1cc(C(F)(F)F)cc(C(F)(F)F)c1. The van der Waals surface area contributed by atoms with Crippen LogP contribution in [0.3, 0.4) is 0 Å². The highest BCUT2D eigenvalue weighted by molar-refractivity contribution is 5.99. The summed E-state index contributed by atoms with van der Waals surface area (Å²) in [5.41, 5.74) is 0.899. The number of hydrogen-bond acceptors (Lipinski definition) is 4. The molecule has 2 rings (SSSR count). The monoisotopic (exact) mass is 407 g/mol. The highest BCUT2D eigenvalue weighted by atomic mass is 19.4.